The molecule has 0 saturated carbocycles. The Morgan fingerprint density at radius 3 is 2.59 bits per heavy atom. The summed E-state index contributed by atoms with van der Waals surface area (Å²) in [5, 5.41) is 3.32. The van der Waals surface area contributed by atoms with E-state index in [4.69, 9.17) is 16.0 Å². The van der Waals surface area contributed by atoms with Gasteiger partial charge in [-0.3, -0.25) is 14.5 Å². The number of hydrogen-bond acceptors (Lipinski definition) is 5. The summed E-state index contributed by atoms with van der Waals surface area (Å²) in [7, 11) is 0. The van der Waals surface area contributed by atoms with E-state index < -0.39 is 6.04 Å². The molecule has 0 bridgehead atoms. The Morgan fingerprint density at radius 2 is 1.85 bits per heavy atom. The molecule has 1 atom stereocenters. The Morgan fingerprint density at radius 1 is 1.07 bits per heavy atom. The van der Waals surface area contributed by atoms with Gasteiger partial charge in [-0.15, -0.1) is 11.3 Å². The smallest absolute Gasteiger partial charge is 0.297 e. The molecule has 0 aliphatic carbocycles. The topological polar surface area (TPSA) is 63.4 Å². The van der Waals surface area contributed by atoms with Crippen molar-refractivity contribution >= 4 is 44.9 Å². The summed E-state index contributed by atoms with van der Waals surface area (Å²) in [6, 6.07) is 13.4. The largest absolute Gasteiger partial charge is 0.450 e. The summed E-state index contributed by atoms with van der Waals surface area (Å²) < 4.78 is 5.86. The van der Waals surface area contributed by atoms with Gasteiger partial charge in [0, 0.05) is 16.6 Å². The van der Waals surface area contributed by atoms with Gasteiger partial charge in [0.1, 0.15) is 5.58 Å². The third-order valence-electron chi connectivity index (χ3n) is 4.59. The maximum atomic E-state index is 13.2. The molecule has 4 aromatic rings. The lowest BCUT2D eigenvalue weighted by Gasteiger charge is -2.22. The molecular formula is C20H11ClN2O3S. The van der Waals surface area contributed by atoms with Crippen LogP contribution < -0.4 is 10.3 Å². The van der Waals surface area contributed by atoms with Gasteiger partial charge in [-0.2, -0.15) is 0 Å². The predicted octanol–water partition coefficient (Wildman–Crippen LogP) is 4.65. The first-order chi connectivity index (χ1) is 13.1. The van der Waals surface area contributed by atoms with Crippen molar-refractivity contribution in [2.75, 3.05) is 4.90 Å². The fourth-order valence-electron chi connectivity index (χ4n) is 3.41. The molecule has 5 nitrogen and oxygen atoms in total. The fraction of sp³-hybridized carbons (Fsp3) is 0.0500. The summed E-state index contributed by atoms with van der Waals surface area (Å²) >= 11 is 7.35. The molecule has 0 fully saturated rings. The SMILES string of the molecule is O=C1c2oc3ccccc3c(=O)c2[C@@H](c2ccc(Cl)cc2)N1c1nccs1. The van der Waals surface area contributed by atoms with Gasteiger partial charge < -0.3 is 4.42 Å². The van der Waals surface area contributed by atoms with Crippen LogP contribution in [-0.4, -0.2) is 10.9 Å². The van der Waals surface area contributed by atoms with Crippen LogP contribution in [0.1, 0.15) is 27.7 Å². The molecule has 0 saturated heterocycles. The van der Waals surface area contributed by atoms with E-state index in [1.165, 1.54) is 16.2 Å². The third-order valence-corrected chi connectivity index (χ3v) is 5.61. The number of para-hydroxylation sites is 1. The zero-order valence-corrected chi connectivity index (χ0v) is 15.3. The monoisotopic (exact) mass is 394 g/mol. The molecule has 2 aromatic heterocycles. The standard InChI is InChI=1S/C20H11ClN2O3S/c21-12-7-5-11(6-8-12)16-15-17(24)13-3-1-2-4-14(13)26-18(15)19(25)23(16)20-22-9-10-27-20/h1-10,16H/t16-/m1/s1. The van der Waals surface area contributed by atoms with Crippen LogP contribution in [0.4, 0.5) is 5.13 Å². The van der Waals surface area contributed by atoms with Crippen LogP contribution in [-0.2, 0) is 0 Å². The minimum Gasteiger partial charge on any atom is -0.450 e. The summed E-state index contributed by atoms with van der Waals surface area (Å²) in [6.45, 7) is 0. The molecule has 0 radical (unpaired) electrons. The quantitative estimate of drug-likeness (QED) is 0.496. The van der Waals surface area contributed by atoms with Crippen molar-refractivity contribution in [1.29, 1.82) is 0 Å². The number of benzene rings is 2. The molecule has 1 amide bonds. The Balaban J connectivity index is 1.83. The number of nitrogens with zero attached hydrogens (tertiary/aromatic N) is 2. The summed E-state index contributed by atoms with van der Waals surface area (Å²) in [5.74, 6) is -0.309. The number of anilines is 1. The van der Waals surface area contributed by atoms with Crippen molar-refractivity contribution in [2.45, 2.75) is 6.04 Å². The van der Waals surface area contributed by atoms with E-state index in [2.05, 4.69) is 4.98 Å². The predicted molar refractivity (Wildman–Crippen MR) is 105 cm³/mol. The number of carbonyl (C=O) groups is 1. The fourth-order valence-corrected chi connectivity index (χ4v) is 4.21. The van der Waals surface area contributed by atoms with Gasteiger partial charge in [0.05, 0.1) is 17.0 Å². The average Bonchev–Trinajstić information content (AvgIpc) is 3.30. The molecule has 5 rings (SSSR count). The van der Waals surface area contributed by atoms with Gasteiger partial charge in [-0.05, 0) is 29.8 Å². The van der Waals surface area contributed by atoms with E-state index in [0.717, 1.165) is 5.56 Å². The van der Waals surface area contributed by atoms with Crippen LogP contribution in [0.15, 0.2) is 69.3 Å². The van der Waals surface area contributed by atoms with E-state index in [-0.39, 0.29) is 17.1 Å². The minimum atomic E-state index is -0.614. The van der Waals surface area contributed by atoms with Crippen LogP contribution in [0.5, 0.6) is 0 Å². The molecule has 132 valence electrons. The van der Waals surface area contributed by atoms with Crippen LogP contribution >= 0.6 is 22.9 Å². The van der Waals surface area contributed by atoms with E-state index in [1.54, 1.807) is 48.0 Å². The number of carbonyl (C=O) groups excluding carboxylic acids is 1. The molecule has 0 N–H and O–H groups in total. The lowest BCUT2D eigenvalue weighted by Crippen LogP contribution is -2.29. The van der Waals surface area contributed by atoms with Crippen molar-refractivity contribution in [2.24, 2.45) is 0 Å². The van der Waals surface area contributed by atoms with Gasteiger partial charge in [-0.25, -0.2) is 4.98 Å². The molecule has 0 unspecified atom stereocenters. The van der Waals surface area contributed by atoms with Gasteiger partial charge in [-0.1, -0.05) is 35.9 Å². The van der Waals surface area contributed by atoms with Crippen molar-refractivity contribution in [3.63, 3.8) is 0 Å². The van der Waals surface area contributed by atoms with Crippen molar-refractivity contribution in [1.82, 2.24) is 4.98 Å². The highest BCUT2D eigenvalue weighted by atomic mass is 35.5. The molecule has 1 aliphatic rings. The Hall–Kier alpha value is -2.96. The Bertz CT molecular complexity index is 1230. The van der Waals surface area contributed by atoms with Crippen LogP contribution in [0, 0.1) is 0 Å². The zero-order valence-electron chi connectivity index (χ0n) is 13.8. The number of halogens is 1. The molecule has 1 aliphatic heterocycles. The van der Waals surface area contributed by atoms with Crippen LogP contribution in [0.3, 0.4) is 0 Å². The highest BCUT2D eigenvalue weighted by Crippen LogP contribution is 2.41. The third kappa shape index (κ3) is 2.41. The first-order valence-electron chi connectivity index (χ1n) is 8.19. The van der Waals surface area contributed by atoms with Gasteiger partial charge in [0.2, 0.25) is 5.76 Å². The van der Waals surface area contributed by atoms with Crippen molar-refractivity contribution in [3.05, 3.63) is 92.2 Å². The minimum absolute atomic E-state index is 0.0637. The lowest BCUT2D eigenvalue weighted by molar-refractivity contribution is 0.0971. The molecule has 27 heavy (non-hydrogen) atoms. The normalized spacial score (nSPS) is 16.1. The first kappa shape index (κ1) is 16.2. The Labute approximate surface area is 162 Å². The second-order valence-corrected chi connectivity index (χ2v) is 7.42. The summed E-state index contributed by atoms with van der Waals surface area (Å²) in [4.78, 5) is 32.2. The highest BCUT2D eigenvalue weighted by Gasteiger charge is 2.44. The molecule has 7 heteroatoms. The molecule has 3 heterocycles. The van der Waals surface area contributed by atoms with E-state index in [1.807, 2.05) is 12.1 Å². The second kappa shape index (κ2) is 6.04. The molecular weight excluding hydrogens is 384 g/mol. The van der Waals surface area contributed by atoms with Crippen molar-refractivity contribution in [3.8, 4) is 0 Å². The highest BCUT2D eigenvalue weighted by molar-refractivity contribution is 7.13. The van der Waals surface area contributed by atoms with Crippen LogP contribution in [0.25, 0.3) is 11.0 Å². The number of thiazole rings is 1. The molecule has 0 spiro atoms. The first-order valence-corrected chi connectivity index (χ1v) is 9.45. The number of rotatable bonds is 2. The van der Waals surface area contributed by atoms with Gasteiger partial charge >= 0.3 is 0 Å². The van der Waals surface area contributed by atoms with Crippen molar-refractivity contribution < 1.29 is 9.21 Å². The maximum absolute atomic E-state index is 13.2. The molecule has 2 aromatic carbocycles. The van der Waals surface area contributed by atoms with Crippen LogP contribution in [0.2, 0.25) is 5.02 Å². The zero-order chi connectivity index (χ0) is 18.5. The number of aromatic nitrogens is 1. The number of hydrogen-bond donors (Lipinski definition) is 0. The maximum Gasteiger partial charge on any atom is 0.297 e. The van der Waals surface area contributed by atoms with Gasteiger partial charge in [0.25, 0.3) is 5.91 Å². The number of fused-ring (bicyclic) bond motifs is 2. The second-order valence-electron chi connectivity index (χ2n) is 6.11. The van der Waals surface area contributed by atoms with E-state index in [0.29, 0.717) is 26.7 Å². The Kier molecular flexibility index (Phi) is 3.63. The summed E-state index contributed by atoms with van der Waals surface area (Å²) in [5.41, 5.74) is 1.28. The summed E-state index contributed by atoms with van der Waals surface area (Å²) in [6.07, 6.45) is 1.63. The number of amides is 1. The average molecular weight is 395 g/mol. The lowest BCUT2D eigenvalue weighted by atomic mass is 9.99. The van der Waals surface area contributed by atoms with E-state index >= 15 is 0 Å². The van der Waals surface area contributed by atoms with E-state index in [9.17, 15) is 9.59 Å². The van der Waals surface area contributed by atoms with Gasteiger partial charge in [0.15, 0.2) is 10.6 Å².